The number of ether oxygens (including phenoxy) is 2. The van der Waals surface area contributed by atoms with Crippen LogP contribution in [-0.2, 0) is 19.1 Å². The van der Waals surface area contributed by atoms with Crippen molar-refractivity contribution in [3.8, 4) is 0 Å². The van der Waals surface area contributed by atoms with Crippen LogP contribution < -0.4 is 0 Å². The van der Waals surface area contributed by atoms with E-state index in [1.54, 1.807) is 0 Å². The van der Waals surface area contributed by atoms with Gasteiger partial charge in [-0.3, -0.25) is 9.59 Å². The lowest BCUT2D eigenvalue weighted by Gasteiger charge is -2.06. The monoisotopic (exact) mass is 218 g/mol. The molecule has 0 aromatic carbocycles. The molecule has 0 aliphatic heterocycles. The minimum absolute atomic E-state index is 0.0255. The lowest BCUT2D eigenvalue weighted by atomic mass is 10.3. The van der Waals surface area contributed by atoms with Gasteiger partial charge < -0.3 is 9.47 Å². The smallest absolute Gasteiger partial charge is 0.302 e. The minimum atomic E-state index is -0.213. The zero-order valence-electron chi connectivity index (χ0n) is 10.5. The molecule has 1 atom stereocenters. The summed E-state index contributed by atoms with van der Waals surface area (Å²) in [6.45, 7) is 10.3. The minimum Gasteiger partial charge on any atom is -0.463 e. The molecular weight excluding hydrogens is 196 g/mol. The van der Waals surface area contributed by atoms with E-state index in [1.165, 1.54) is 13.8 Å². The van der Waals surface area contributed by atoms with Gasteiger partial charge in [0.25, 0.3) is 0 Å². The van der Waals surface area contributed by atoms with Crippen LogP contribution in [0.25, 0.3) is 0 Å². The summed E-state index contributed by atoms with van der Waals surface area (Å²) in [7, 11) is 0. The second kappa shape index (κ2) is 9.49. The van der Waals surface area contributed by atoms with Gasteiger partial charge in [-0.1, -0.05) is 6.92 Å². The average Bonchev–Trinajstić information content (AvgIpc) is 2.01. The molecule has 0 fully saturated rings. The maximum atomic E-state index is 10.2. The number of hydrogen-bond donors (Lipinski definition) is 0. The van der Waals surface area contributed by atoms with E-state index in [1.807, 2.05) is 27.7 Å². The van der Waals surface area contributed by atoms with E-state index in [2.05, 4.69) is 4.74 Å². The van der Waals surface area contributed by atoms with E-state index in [-0.39, 0.29) is 24.1 Å². The summed E-state index contributed by atoms with van der Waals surface area (Å²) in [5.41, 5.74) is 0. The molecule has 0 aromatic rings. The molecule has 4 heteroatoms. The van der Waals surface area contributed by atoms with Crippen molar-refractivity contribution < 1.29 is 19.1 Å². The number of hydrogen-bond acceptors (Lipinski definition) is 4. The van der Waals surface area contributed by atoms with Crippen LogP contribution in [0, 0.1) is 0 Å². The molecule has 1 unspecified atom stereocenters. The molecule has 0 aromatic heterocycles. The third kappa shape index (κ3) is 19.4. The van der Waals surface area contributed by atoms with Gasteiger partial charge in [0.1, 0.15) is 0 Å². The molecule has 0 N–H and O–H groups in total. The van der Waals surface area contributed by atoms with Crippen LogP contribution >= 0.6 is 0 Å². The highest BCUT2D eigenvalue weighted by Crippen LogP contribution is 1.94. The Morgan fingerprint density at radius 3 is 1.47 bits per heavy atom. The van der Waals surface area contributed by atoms with Crippen molar-refractivity contribution in [3.63, 3.8) is 0 Å². The van der Waals surface area contributed by atoms with E-state index >= 15 is 0 Å². The predicted octanol–water partition coefficient (Wildman–Crippen LogP) is 2.31. The van der Waals surface area contributed by atoms with E-state index in [9.17, 15) is 9.59 Å². The molecule has 0 radical (unpaired) electrons. The highest BCUT2D eigenvalue weighted by molar-refractivity contribution is 5.66. The first-order valence-electron chi connectivity index (χ1n) is 5.14. The Morgan fingerprint density at radius 1 is 1.00 bits per heavy atom. The molecule has 0 amide bonds. The zero-order valence-corrected chi connectivity index (χ0v) is 10.5. The van der Waals surface area contributed by atoms with Gasteiger partial charge in [-0.25, -0.2) is 0 Å². The Morgan fingerprint density at radius 2 is 1.40 bits per heavy atom. The molecule has 90 valence electrons. The van der Waals surface area contributed by atoms with Gasteiger partial charge in [0, 0.05) is 13.8 Å². The first kappa shape index (κ1) is 16.4. The molecule has 15 heavy (non-hydrogen) atoms. The van der Waals surface area contributed by atoms with Crippen molar-refractivity contribution in [2.45, 2.75) is 60.2 Å². The zero-order chi connectivity index (χ0) is 12.4. The molecule has 0 aliphatic rings. The van der Waals surface area contributed by atoms with Crippen LogP contribution in [0.2, 0.25) is 0 Å². The third-order valence-electron chi connectivity index (χ3n) is 1.34. The first-order valence-corrected chi connectivity index (χ1v) is 5.14. The van der Waals surface area contributed by atoms with Crippen molar-refractivity contribution >= 4 is 11.9 Å². The lowest BCUT2D eigenvalue weighted by Crippen LogP contribution is -2.09. The highest BCUT2D eigenvalue weighted by Gasteiger charge is 1.99. The van der Waals surface area contributed by atoms with Gasteiger partial charge in [0.2, 0.25) is 0 Å². The summed E-state index contributed by atoms with van der Waals surface area (Å²) < 4.78 is 9.37. The van der Waals surface area contributed by atoms with Crippen LogP contribution in [-0.4, -0.2) is 24.1 Å². The molecule has 0 rings (SSSR count). The maximum Gasteiger partial charge on any atom is 0.302 e. The van der Waals surface area contributed by atoms with Crippen LogP contribution in [0.5, 0.6) is 0 Å². The van der Waals surface area contributed by atoms with Crippen LogP contribution in [0.1, 0.15) is 48.0 Å². The molecule has 0 spiro atoms. The normalized spacial score (nSPS) is 11.1. The van der Waals surface area contributed by atoms with E-state index in [0.29, 0.717) is 0 Å². The molecule has 0 saturated carbocycles. The molecule has 0 aliphatic carbocycles. The van der Waals surface area contributed by atoms with Crippen LogP contribution in [0.3, 0.4) is 0 Å². The standard InChI is InChI=1S/C6H12O2.C5H10O2/c1-4-5(2)8-6(3)7;1-4(2)7-5(3)6/h5H,4H2,1-3H3;4H,1-3H3. The van der Waals surface area contributed by atoms with Gasteiger partial charge in [0.15, 0.2) is 0 Å². The maximum absolute atomic E-state index is 10.2. The molecule has 0 saturated heterocycles. The summed E-state index contributed by atoms with van der Waals surface area (Å²) in [4.78, 5) is 20.2. The number of rotatable bonds is 3. The molecule has 4 nitrogen and oxygen atoms in total. The van der Waals surface area contributed by atoms with Gasteiger partial charge in [-0.15, -0.1) is 0 Å². The average molecular weight is 218 g/mol. The predicted molar refractivity (Wildman–Crippen MR) is 58.4 cm³/mol. The summed E-state index contributed by atoms with van der Waals surface area (Å²) >= 11 is 0. The Hall–Kier alpha value is -1.06. The lowest BCUT2D eigenvalue weighted by molar-refractivity contribution is -0.146. The third-order valence-corrected chi connectivity index (χ3v) is 1.34. The Labute approximate surface area is 91.9 Å². The van der Waals surface area contributed by atoms with E-state index in [0.717, 1.165) is 6.42 Å². The topological polar surface area (TPSA) is 52.6 Å². The van der Waals surface area contributed by atoms with Crippen LogP contribution in [0.15, 0.2) is 0 Å². The second-order valence-electron chi connectivity index (χ2n) is 3.49. The SMILES string of the molecule is CC(=O)OC(C)C.CCC(C)OC(C)=O. The van der Waals surface area contributed by atoms with Crippen molar-refractivity contribution in [1.29, 1.82) is 0 Å². The Bertz CT molecular complexity index is 187. The fraction of sp³-hybridized carbons (Fsp3) is 0.818. The Balaban J connectivity index is 0. The van der Waals surface area contributed by atoms with Crippen molar-refractivity contribution in [3.05, 3.63) is 0 Å². The fourth-order valence-electron chi connectivity index (χ4n) is 0.699. The largest absolute Gasteiger partial charge is 0.463 e. The van der Waals surface area contributed by atoms with E-state index in [4.69, 9.17) is 4.74 Å². The van der Waals surface area contributed by atoms with Gasteiger partial charge in [-0.2, -0.15) is 0 Å². The number of esters is 2. The highest BCUT2D eigenvalue weighted by atomic mass is 16.5. The van der Waals surface area contributed by atoms with Gasteiger partial charge in [0.05, 0.1) is 12.2 Å². The summed E-state index contributed by atoms with van der Waals surface area (Å²) in [6.07, 6.45) is 0.990. The molecule has 0 heterocycles. The van der Waals surface area contributed by atoms with Gasteiger partial charge >= 0.3 is 11.9 Å². The number of carbonyl (C=O) groups excluding carboxylic acids is 2. The Kier molecular flexibility index (Phi) is 10.4. The molecular formula is C11H22O4. The van der Waals surface area contributed by atoms with Crippen molar-refractivity contribution in [2.75, 3.05) is 0 Å². The first-order chi connectivity index (χ1) is 6.79. The van der Waals surface area contributed by atoms with Crippen molar-refractivity contribution in [2.24, 2.45) is 0 Å². The van der Waals surface area contributed by atoms with Gasteiger partial charge in [-0.05, 0) is 27.2 Å². The van der Waals surface area contributed by atoms with Crippen LogP contribution in [0.4, 0.5) is 0 Å². The summed E-state index contributed by atoms with van der Waals surface area (Å²) in [6, 6.07) is 0. The molecule has 0 bridgehead atoms. The fourth-order valence-corrected chi connectivity index (χ4v) is 0.699. The summed E-state index contributed by atoms with van der Waals surface area (Å²) in [5.74, 6) is -0.408. The summed E-state index contributed by atoms with van der Waals surface area (Å²) in [5, 5.41) is 0. The quantitative estimate of drug-likeness (QED) is 0.682. The number of carbonyl (C=O) groups is 2. The van der Waals surface area contributed by atoms with E-state index < -0.39 is 0 Å². The second-order valence-corrected chi connectivity index (χ2v) is 3.49. The van der Waals surface area contributed by atoms with Crippen molar-refractivity contribution in [1.82, 2.24) is 0 Å².